The van der Waals surface area contributed by atoms with Crippen molar-refractivity contribution in [2.45, 2.75) is 51.7 Å². The number of rotatable bonds is 1. The molecule has 1 aromatic rings. The molecule has 26 heavy (non-hydrogen) atoms. The van der Waals surface area contributed by atoms with Crippen LogP contribution >= 0.6 is 0 Å². The van der Waals surface area contributed by atoms with Crippen LogP contribution in [0.1, 0.15) is 62.3 Å². The lowest BCUT2D eigenvalue weighted by Gasteiger charge is -2.43. The fraction of sp³-hybridized carbons (Fsp3) is 0.391. The van der Waals surface area contributed by atoms with E-state index in [1.165, 1.54) is 11.1 Å². The molecule has 0 saturated heterocycles. The number of nitrogens with one attached hydrogen (secondary N) is 1. The summed E-state index contributed by atoms with van der Waals surface area (Å²) in [5.41, 5.74) is 5.74. The van der Waals surface area contributed by atoms with Gasteiger partial charge in [0.05, 0.1) is 5.54 Å². The SMILES string of the molecule is CC1=CC(C2(C)NC=Cc3c2ccc2c3C(C)[C@H](F)C=C2F)CC(C)=C1. The quantitative estimate of drug-likeness (QED) is 0.638. The third-order valence-electron chi connectivity index (χ3n) is 6.20. The van der Waals surface area contributed by atoms with Crippen LogP contribution in [-0.4, -0.2) is 6.17 Å². The monoisotopic (exact) mass is 353 g/mol. The van der Waals surface area contributed by atoms with E-state index in [4.69, 9.17) is 0 Å². The highest BCUT2D eigenvalue weighted by Gasteiger charge is 2.40. The van der Waals surface area contributed by atoms with Gasteiger partial charge in [-0.2, -0.15) is 0 Å². The lowest BCUT2D eigenvalue weighted by Crippen LogP contribution is -2.45. The molecule has 136 valence electrons. The number of alkyl halides is 1. The molecule has 0 radical (unpaired) electrons. The first-order chi connectivity index (χ1) is 12.3. The molecule has 0 saturated carbocycles. The Labute approximate surface area is 154 Å². The van der Waals surface area contributed by atoms with E-state index in [0.717, 1.165) is 29.2 Å². The highest BCUT2D eigenvalue weighted by atomic mass is 19.1. The number of allylic oxidation sites excluding steroid dienone is 4. The van der Waals surface area contributed by atoms with E-state index < -0.39 is 12.0 Å². The summed E-state index contributed by atoms with van der Waals surface area (Å²) in [6.45, 7) is 8.33. The highest BCUT2D eigenvalue weighted by Crippen LogP contribution is 2.47. The summed E-state index contributed by atoms with van der Waals surface area (Å²) in [6, 6.07) is 3.84. The van der Waals surface area contributed by atoms with Crippen LogP contribution in [0.15, 0.2) is 47.7 Å². The number of hydrogen-bond acceptors (Lipinski definition) is 1. The van der Waals surface area contributed by atoms with Gasteiger partial charge in [-0.05, 0) is 62.2 Å². The molecule has 4 atom stereocenters. The van der Waals surface area contributed by atoms with Gasteiger partial charge >= 0.3 is 0 Å². The van der Waals surface area contributed by atoms with Crippen LogP contribution in [0.5, 0.6) is 0 Å². The molecule has 2 aliphatic carbocycles. The molecular weight excluding hydrogens is 328 g/mol. The van der Waals surface area contributed by atoms with E-state index in [1.54, 1.807) is 0 Å². The molecule has 1 aromatic carbocycles. The van der Waals surface area contributed by atoms with Crippen molar-refractivity contribution >= 4 is 11.9 Å². The molecule has 1 aliphatic heterocycles. The Hall–Kier alpha value is -2.16. The molecule has 3 unspecified atom stereocenters. The Morgan fingerprint density at radius 1 is 1.19 bits per heavy atom. The maximum absolute atomic E-state index is 14.4. The van der Waals surface area contributed by atoms with E-state index in [-0.39, 0.29) is 17.4 Å². The molecule has 0 fully saturated rings. The minimum Gasteiger partial charge on any atom is -0.381 e. The molecule has 1 heterocycles. The van der Waals surface area contributed by atoms with Crippen LogP contribution in [0.2, 0.25) is 0 Å². The second kappa shape index (κ2) is 5.94. The maximum atomic E-state index is 14.4. The average Bonchev–Trinajstić information content (AvgIpc) is 2.58. The van der Waals surface area contributed by atoms with Gasteiger partial charge < -0.3 is 5.32 Å². The van der Waals surface area contributed by atoms with Gasteiger partial charge in [0.2, 0.25) is 0 Å². The zero-order valence-electron chi connectivity index (χ0n) is 15.7. The lowest BCUT2D eigenvalue weighted by molar-refractivity contribution is 0.298. The number of fused-ring (bicyclic) bond motifs is 3. The molecule has 3 aliphatic rings. The van der Waals surface area contributed by atoms with E-state index >= 15 is 0 Å². The lowest BCUT2D eigenvalue weighted by atomic mass is 9.69. The Kier molecular flexibility index (Phi) is 3.94. The summed E-state index contributed by atoms with van der Waals surface area (Å²) < 4.78 is 28.7. The molecular formula is C23H25F2N. The van der Waals surface area contributed by atoms with Crippen molar-refractivity contribution in [3.05, 3.63) is 70.0 Å². The zero-order valence-corrected chi connectivity index (χ0v) is 15.7. The Morgan fingerprint density at radius 3 is 2.69 bits per heavy atom. The number of hydrogen-bond donors (Lipinski definition) is 1. The third kappa shape index (κ3) is 2.48. The average molecular weight is 353 g/mol. The first kappa shape index (κ1) is 17.3. The van der Waals surface area contributed by atoms with Crippen molar-refractivity contribution in [2.24, 2.45) is 5.92 Å². The predicted octanol–water partition coefficient (Wildman–Crippen LogP) is 6.15. The Balaban J connectivity index is 1.88. The van der Waals surface area contributed by atoms with Crippen molar-refractivity contribution in [1.29, 1.82) is 0 Å². The highest BCUT2D eigenvalue weighted by molar-refractivity contribution is 5.75. The topological polar surface area (TPSA) is 12.0 Å². The molecule has 0 aromatic heterocycles. The second-order valence-electron chi connectivity index (χ2n) is 8.13. The van der Waals surface area contributed by atoms with Crippen molar-refractivity contribution in [3.63, 3.8) is 0 Å². The second-order valence-corrected chi connectivity index (χ2v) is 8.13. The summed E-state index contributed by atoms with van der Waals surface area (Å²) in [4.78, 5) is 0. The molecule has 1 N–H and O–H groups in total. The fourth-order valence-electron chi connectivity index (χ4n) is 4.77. The number of benzene rings is 1. The summed E-state index contributed by atoms with van der Waals surface area (Å²) in [5, 5.41) is 3.55. The van der Waals surface area contributed by atoms with Crippen molar-refractivity contribution in [3.8, 4) is 0 Å². The predicted molar refractivity (Wildman–Crippen MR) is 104 cm³/mol. The Morgan fingerprint density at radius 2 is 1.96 bits per heavy atom. The van der Waals surface area contributed by atoms with E-state index in [2.05, 4.69) is 38.2 Å². The van der Waals surface area contributed by atoms with Crippen molar-refractivity contribution in [1.82, 2.24) is 5.32 Å². The van der Waals surface area contributed by atoms with Crippen LogP contribution < -0.4 is 5.32 Å². The molecule has 0 amide bonds. The van der Waals surface area contributed by atoms with Crippen LogP contribution in [0.3, 0.4) is 0 Å². The van der Waals surface area contributed by atoms with E-state index in [1.807, 2.05) is 31.3 Å². The fourth-order valence-corrected chi connectivity index (χ4v) is 4.77. The molecule has 4 rings (SSSR count). The van der Waals surface area contributed by atoms with Gasteiger partial charge in [0.25, 0.3) is 0 Å². The van der Waals surface area contributed by atoms with Gasteiger partial charge in [-0.1, -0.05) is 42.4 Å². The standard InChI is InChI=1S/C23H25F2N/c1-13-9-14(2)11-16(10-13)23(4)19-6-5-18-21(25)12-20(24)15(3)22(18)17(19)7-8-26-23/h5-10,12,15-16,20,26H,11H2,1-4H3/t15?,16?,20-,23?/m1/s1. The maximum Gasteiger partial charge on any atom is 0.129 e. The van der Waals surface area contributed by atoms with Crippen LogP contribution in [-0.2, 0) is 5.54 Å². The van der Waals surface area contributed by atoms with E-state index in [0.29, 0.717) is 5.56 Å². The van der Waals surface area contributed by atoms with Gasteiger partial charge in [0, 0.05) is 17.4 Å². The van der Waals surface area contributed by atoms with Gasteiger partial charge in [-0.25, -0.2) is 8.78 Å². The largest absolute Gasteiger partial charge is 0.381 e. The molecule has 0 spiro atoms. The summed E-state index contributed by atoms with van der Waals surface area (Å²) in [7, 11) is 0. The van der Waals surface area contributed by atoms with Gasteiger partial charge in [0.1, 0.15) is 12.0 Å². The van der Waals surface area contributed by atoms with Crippen molar-refractivity contribution in [2.75, 3.05) is 0 Å². The zero-order chi connectivity index (χ0) is 18.6. The van der Waals surface area contributed by atoms with Gasteiger partial charge in [-0.3, -0.25) is 0 Å². The van der Waals surface area contributed by atoms with Gasteiger partial charge in [0.15, 0.2) is 0 Å². The first-order valence-electron chi connectivity index (χ1n) is 9.30. The minimum absolute atomic E-state index is 0.287. The van der Waals surface area contributed by atoms with Crippen LogP contribution in [0, 0.1) is 5.92 Å². The number of halogens is 2. The first-order valence-corrected chi connectivity index (χ1v) is 9.30. The summed E-state index contributed by atoms with van der Waals surface area (Å²) >= 11 is 0. The summed E-state index contributed by atoms with van der Waals surface area (Å²) in [6.07, 6.45) is 9.23. The van der Waals surface area contributed by atoms with Crippen LogP contribution in [0.25, 0.3) is 11.9 Å². The normalized spacial score (nSPS) is 32.7. The molecule has 1 nitrogen and oxygen atoms in total. The Bertz CT molecular complexity index is 890. The minimum atomic E-state index is -1.29. The molecule has 3 heteroatoms. The van der Waals surface area contributed by atoms with Crippen molar-refractivity contribution < 1.29 is 8.78 Å². The smallest absolute Gasteiger partial charge is 0.129 e. The summed E-state index contributed by atoms with van der Waals surface area (Å²) in [5.74, 6) is -0.513. The third-order valence-corrected chi connectivity index (χ3v) is 6.20. The van der Waals surface area contributed by atoms with Gasteiger partial charge in [-0.15, -0.1) is 0 Å². The van der Waals surface area contributed by atoms with Crippen LogP contribution in [0.4, 0.5) is 8.78 Å². The van der Waals surface area contributed by atoms with E-state index in [9.17, 15) is 8.78 Å². The molecule has 0 bridgehead atoms.